The molecule has 8 nitrogen and oxygen atoms in total. The van der Waals surface area contributed by atoms with Gasteiger partial charge in [-0.05, 0) is 392 Å². The summed E-state index contributed by atoms with van der Waals surface area (Å²) in [5.41, 5.74) is 83.1. The number of benzene rings is 16. The van der Waals surface area contributed by atoms with Crippen molar-refractivity contribution in [3.05, 3.63) is 519 Å². The Bertz CT molecular complexity index is 8430. The lowest BCUT2D eigenvalue weighted by Crippen LogP contribution is -2.25. The summed E-state index contributed by atoms with van der Waals surface area (Å²) < 4.78 is 0. The van der Waals surface area contributed by atoms with E-state index in [1.54, 1.807) is 0 Å². The molecule has 0 N–H and O–H groups in total. The summed E-state index contributed by atoms with van der Waals surface area (Å²) in [6.45, 7) is 0. The molecule has 8 aliphatic carbocycles. The SMILES string of the molecule is c1ccc2c(c1)Cc1c-2ccc2c1Cc1cc3c(cc1-2)N1c2cnccc2Cc2cccc(c21)C3.c1ccc2c(c1)Cc1c-2ccc2c1Cc1cc3c(cc1-2)N1c2ncccc2Cc2cccc(c21)C3.c1ccc2c(c1)Cc1cc3c(cc1-2)Cc1cc2c(cc1-3)N1c3ccccc3Cc3cncc(c31)C2.c1ccc2c(c1)Cc1cc3c(cc1-2)Cc1cc2c(cc1-3)N1c3ccccc3Cc3nccc(c31)C2. The third-order valence-corrected chi connectivity index (χ3v) is 34.2. The molecule has 0 saturated heterocycles. The van der Waals surface area contributed by atoms with E-state index < -0.39 is 0 Å². The number of hydrogen-bond acceptors (Lipinski definition) is 8. The van der Waals surface area contributed by atoms with Crippen LogP contribution in [0.1, 0.15) is 178 Å². The van der Waals surface area contributed by atoms with Gasteiger partial charge in [-0.2, -0.15) is 0 Å². The van der Waals surface area contributed by atoms with E-state index in [0.717, 1.165) is 109 Å². The Morgan fingerprint density at radius 3 is 0.971 bits per heavy atom. The van der Waals surface area contributed by atoms with Crippen LogP contribution in [0.15, 0.2) is 340 Å². The number of aromatic nitrogens is 4. The molecule has 4 aromatic heterocycles. The van der Waals surface area contributed by atoms with E-state index in [4.69, 9.17) is 9.97 Å². The Labute approximate surface area is 812 Å². The zero-order valence-corrected chi connectivity index (χ0v) is 77.2. The third kappa shape index (κ3) is 10.9. The average molecular weight is 1790 g/mol. The van der Waals surface area contributed by atoms with Crippen molar-refractivity contribution in [2.24, 2.45) is 0 Å². The molecule has 0 atom stereocenters. The minimum atomic E-state index is 0.908. The van der Waals surface area contributed by atoms with Crippen molar-refractivity contribution in [2.75, 3.05) is 19.6 Å². The second-order valence-corrected chi connectivity index (χ2v) is 41.6. The van der Waals surface area contributed by atoms with Gasteiger partial charge in [-0.25, -0.2) is 4.98 Å². The number of para-hydroxylation sites is 4. The Balaban J connectivity index is 0.0000000829. The van der Waals surface area contributed by atoms with Crippen LogP contribution in [-0.2, 0) is 103 Å². The topological polar surface area (TPSA) is 64.5 Å². The predicted octanol–water partition coefficient (Wildman–Crippen LogP) is 30.0. The van der Waals surface area contributed by atoms with Crippen molar-refractivity contribution in [1.82, 2.24) is 19.9 Å². The van der Waals surface area contributed by atoms with Gasteiger partial charge in [0.1, 0.15) is 5.82 Å². The number of nitrogens with zero attached hydrogens (tertiary/aromatic N) is 8. The molecular weight excluding hydrogens is 1700 g/mol. The average Bonchev–Trinajstić information content (AvgIpc) is 1.38. The van der Waals surface area contributed by atoms with Gasteiger partial charge in [0.05, 0.1) is 63.1 Å². The molecule has 656 valence electrons. The molecule has 0 unspecified atom stereocenters. The molecule has 0 bridgehead atoms. The smallest absolute Gasteiger partial charge is 0.141 e. The number of rotatable bonds is 0. The highest BCUT2D eigenvalue weighted by Crippen LogP contribution is 2.61. The molecule has 140 heavy (non-hydrogen) atoms. The van der Waals surface area contributed by atoms with Crippen LogP contribution in [0.5, 0.6) is 0 Å². The van der Waals surface area contributed by atoms with E-state index in [1.165, 1.54) is 330 Å². The van der Waals surface area contributed by atoms with E-state index in [-0.39, 0.29) is 0 Å². The summed E-state index contributed by atoms with van der Waals surface area (Å²) in [6.07, 6.45) is 28.1. The van der Waals surface area contributed by atoms with Gasteiger partial charge in [0.25, 0.3) is 0 Å². The largest absolute Gasteiger partial charge is 0.309 e. The molecule has 0 amide bonds. The maximum absolute atomic E-state index is 4.88. The summed E-state index contributed by atoms with van der Waals surface area (Å²) in [6, 6.07) is 115. The molecule has 0 spiro atoms. The lowest BCUT2D eigenvalue weighted by Gasteiger charge is -2.39. The molecule has 12 heterocycles. The second kappa shape index (κ2) is 28.5. The Hall–Kier alpha value is -16.7. The minimum absolute atomic E-state index is 0.908. The normalized spacial score (nSPS) is 14.9. The van der Waals surface area contributed by atoms with Crippen molar-refractivity contribution in [1.29, 1.82) is 0 Å². The summed E-state index contributed by atoms with van der Waals surface area (Å²) in [5, 5.41) is 0. The predicted molar refractivity (Wildman–Crippen MR) is 564 cm³/mol. The van der Waals surface area contributed by atoms with Gasteiger partial charge in [-0.1, -0.05) is 224 Å². The highest BCUT2D eigenvalue weighted by molar-refractivity contribution is 6.01. The zero-order chi connectivity index (χ0) is 90.7. The fourth-order valence-electron chi connectivity index (χ4n) is 28.2. The molecular formula is C132H88N8. The van der Waals surface area contributed by atoms with E-state index in [1.807, 2.05) is 18.6 Å². The molecule has 16 aliphatic rings. The number of pyridine rings is 4. The van der Waals surface area contributed by atoms with Gasteiger partial charge >= 0.3 is 0 Å². The van der Waals surface area contributed by atoms with Crippen molar-refractivity contribution < 1.29 is 0 Å². The standard InChI is InChI=1S/4C33H22N2/c1-3-7-27-19(5-1)9-22-15-29-23(14-28(22)27)11-21-12-24-13-26-18-34-17-25-10-20-6-2-4-8-31(20)35(33(25)26)32(24)16-30(21)29;1-3-7-26-19(5-1)11-23-16-28-24(15-27(23)26)13-22-14-25-12-21-9-10-34-30-17-20-6-2-4-8-31(20)35(33(21)30)32(25)18-29(22)28;1-2-9-25-19(5-1)16-29-26(25)10-11-27-28-18-31-24(15-23(28)17-30(27)29)14-21-7-3-6-20-13-22-8-4-12-34-33(22)35(31)32(20)21;1-2-7-25-19(4-1)15-29-26(25)8-9-27-28-17-31-24(14-23(28)16-30(27)29)13-22-6-3-5-21-12-20-10-11-34-18-32(20)35(31)33(21)22/h1-8,12,14-18H,9-11,13H2;1-10,14-16,18H,11-13,17H2;1-12,15,18H,13-14,16-17H2;1-11,14,17-18H,12-13,15-16H2. The van der Waals surface area contributed by atoms with Crippen LogP contribution in [-0.4, -0.2) is 19.9 Å². The summed E-state index contributed by atoms with van der Waals surface area (Å²) in [5.74, 6) is 1.09. The van der Waals surface area contributed by atoms with Crippen LogP contribution in [0, 0.1) is 0 Å². The lowest BCUT2D eigenvalue weighted by molar-refractivity contribution is 0.959. The van der Waals surface area contributed by atoms with Crippen LogP contribution in [0.25, 0.3) is 89.0 Å². The maximum atomic E-state index is 4.88. The van der Waals surface area contributed by atoms with Crippen LogP contribution in [0.3, 0.4) is 0 Å². The Kier molecular flexibility index (Phi) is 15.6. The highest BCUT2D eigenvalue weighted by Gasteiger charge is 2.43. The number of hydrogen-bond donors (Lipinski definition) is 0. The Morgan fingerprint density at radius 2 is 0.457 bits per heavy atom. The number of fused-ring (bicyclic) bond motifs is 42. The van der Waals surface area contributed by atoms with Gasteiger partial charge in [0, 0.05) is 93.7 Å². The first-order valence-corrected chi connectivity index (χ1v) is 50.3. The van der Waals surface area contributed by atoms with E-state index in [2.05, 4.69) is 351 Å². The quantitative estimate of drug-likeness (QED) is 0.149. The van der Waals surface area contributed by atoms with Crippen LogP contribution in [0.4, 0.5) is 68.4 Å². The second-order valence-electron chi connectivity index (χ2n) is 41.6. The van der Waals surface area contributed by atoms with E-state index in [0.29, 0.717) is 0 Å². The fraction of sp³-hybridized carbons (Fsp3) is 0.121. The molecule has 20 aromatic rings. The van der Waals surface area contributed by atoms with Crippen LogP contribution < -0.4 is 19.6 Å². The molecule has 0 fully saturated rings. The van der Waals surface area contributed by atoms with Crippen LogP contribution >= 0.6 is 0 Å². The molecule has 8 heteroatoms. The molecule has 36 rings (SSSR count). The first-order chi connectivity index (χ1) is 69.3. The van der Waals surface area contributed by atoms with Gasteiger partial charge in [-0.3, -0.25) is 19.9 Å². The van der Waals surface area contributed by atoms with E-state index >= 15 is 0 Å². The zero-order valence-electron chi connectivity index (χ0n) is 77.2. The monoisotopic (exact) mass is 1780 g/mol. The molecule has 0 saturated carbocycles. The highest BCUT2D eigenvalue weighted by atomic mass is 15.2. The molecule has 0 radical (unpaired) electrons. The van der Waals surface area contributed by atoms with Gasteiger partial charge in [0.2, 0.25) is 0 Å². The fourth-order valence-corrected chi connectivity index (χ4v) is 28.2. The maximum Gasteiger partial charge on any atom is 0.141 e. The summed E-state index contributed by atoms with van der Waals surface area (Å²) >= 11 is 0. The summed E-state index contributed by atoms with van der Waals surface area (Å²) in [4.78, 5) is 28.8. The number of anilines is 12. The Morgan fingerprint density at radius 1 is 0.150 bits per heavy atom. The lowest BCUT2D eigenvalue weighted by atomic mass is 9.86. The van der Waals surface area contributed by atoms with Crippen molar-refractivity contribution in [3.63, 3.8) is 0 Å². The van der Waals surface area contributed by atoms with E-state index in [9.17, 15) is 0 Å². The molecule has 8 aliphatic heterocycles. The molecule has 16 aromatic carbocycles. The van der Waals surface area contributed by atoms with Gasteiger partial charge in [0.15, 0.2) is 0 Å². The van der Waals surface area contributed by atoms with Crippen molar-refractivity contribution in [2.45, 2.75) is 103 Å². The van der Waals surface area contributed by atoms with Gasteiger partial charge < -0.3 is 14.7 Å². The summed E-state index contributed by atoms with van der Waals surface area (Å²) in [7, 11) is 0. The van der Waals surface area contributed by atoms with Crippen LogP contribution in [0.2, 0.25) is 0 Å². The first kappa shape index (κ1) is 76.5. The third-order valence-electron chi connectivity index (χ3n) is 34.2. The first-order valence-electron chi connectivity index (χ1n) is 50.3. The van der Waals surface area contributed by atoms with Crippen molar-refractivity contribution in [3.8, 4) is 89.0 Å². The minimum Gasteiger partial charge on any atom is -0.309 e. The van der Waals surface area contributed by atoms with Crippen molar-refractivity contribution >= 4 is 68.4 Å². The van der Waals surface area contributed by atoms with Gasteiger partial charge in [-0.15, -0.1) is 0 Å².